The maximum atomic E-state index is 12.4. The molecule has 0 aliphatic carbocycles. The Bertz CT molecular complexity index is 3580. The Labute approximate surface area is 413 Å². The molecule has 0 aliphatic heterocycles. The number of aromatic hydroxyl groups is 1. The van der Waals surface area contributed by atoms with Crippen LogP contribution in [0.15, 0.2) is 127 Å². The van der Waals surface area contributed by atoms with Crippen LogP contribution in [0.25, 0.3) is 72.7 Å². The van der Waals surface area contributed by atoms with Gasteiger partial charge in [-0.05, 0) is 116 Å². The minimum atomic E-state index is -2.67. The van der Waals surface area contributed by atoms with E-state index in [1.54, 1.807) is 22.8 Å². The number of fused-ring (bicyclic) bond motifs is 1. The van der Waals surface area contributed by atoms with E-state index in [0.29, 0.717) is 44.5 Å². The molecule has 0 saturated carbocycles. The predicted molar refractivity (Wildman–Crippen MR) is 266 cm³/mol. The van der Waals surface area contributed by atoms with Crippen LogP contribution >= 0.6 is 0 Å². The first-order valence-corrected chi connectivity index (χ1v) is 21.7. The summed E-state index contributed by atoms with van der Waals surface area (Å²) in [4.78, 5) is 9.81. The Morgan fingerprint density at radius 1 is 0.719 bits per heavy atom. The Morgan fingerprint density at radius 2 is 1.42 bits per heavy atom. The molecule has 330 valence electrons. The second kappa shape index (κ2) is 18.5. The fraction of sp³-hybridized carbons (Fsp3) is 0.288. The molecule has 8 rings (SSSR count). The van der Waals surface area contributed by atoms with E-state index in [1.165, 1.54) is 0 Å². The van der Waals surface area contributed by atoms with E-state index in [4.69, 9.17) is 20.1 Å². The van der Waals surface area contributed by atoms with E-state index in [1.807, 2.05) is 109 Å². The SMILES string of the molecule is [2H]c1nc(-c2[c-]c(-c3cccc4c3nc(-c3cc(C(C)C)cc(C(C)C)c3O)n4-c3ccc(-c4c(C(C)C)cccc4C([2H])(C)C)cc3C([2H])([2H])[2H])cc(C(C)(C)C)c2)c([2H])c(-c2c([2H])c([2H])c([2H])c([2H])c2[2H])c1[2H].[Pt]. The molecule has 1 N–H and O–H groups in total. The normalized spacial score (nSPS) is 15.0. The summed E-state index contributed by atoms with van der Waals surface area (Å²) >= 11 is 0. The topological polar surface area (TPSA) is 50.9 Å². The van der Waals surface area contributed by atoms with Crippen molar-refractivity contribution >= 4 is 11.0 Å². The number of aryl methyl sites for hydroxylation is 1. The largest absolute Gasteiger partial charge is 0.507 e. The molecule has 5 heteroatoms. The fourth-order valence-electron chi connectivity index (χ4n) is 8.26. The zero-order chi connectivity index (χ0) is 55.3. The number of para-hydroxylation sites is 1. The van der Waals surface area contributed by atoms with Gasteiger partial charge in [0, 0.05) is 38.4 Å². The summed E-state index contributed by atoms with van der Waals surface area (Å²) in [5.41, 5.74) is 7.14. The number of imidazole rings is 1. The molecule has 0 aliphatic rings. The van der Waals surface area contributed by atoms with E-state index in [9.17, 15) is 6.48 Å². The quantitative estimate of drug-likeness (QED) is 0.139. The van der Waals surface area contributed by atoms with Crippen LogP contribution in [-0.4, -0.2) is 19.6 Å². The average Bonchev–Trinajstić information content (AvgIpc) is 3.73. The summed E-state index contributed by atoms with van der Waals surface area (Å²) in [7, 11) is 0. The van der Waals surface area contributed by atoms with Crippen LogP contribution in [0.4, 0.5) is 0 Å². The zero-order valence-corrected chi connectivity index (χ0v) is 40.6. The number of nitrogens with zero attached hydrogens (tertiary/aromatic N) is 3. The van der Waals surface area contributed by atoms with E-state index in [-0.39, 0.29) is 78.3 Å². The van der Waals surface area contributed by atoms with Crippen molar-refractivity contribution in [2.75, 3.05) is 0 Å². The Kier molecular flexibility index (Phi) is 9.53. The summed E-state index contributed by atoms with van der Waals surface area (Å²) in [6.45, 7) is 19.3. The molecule has 6 aromatic carbocycles. The van der Waals surface area contributed by atoms with Crippen LogP contribution in [0, 0.1) is 12.9 Å². The zero-order valence-electron chi connectivity index (χ0n) is 50.3. The fourth-order valence-corrected chi connectivity index (χ4v) is 8.26. The van der Waals surface area contributed by atoms with Gasteiger partial charge in [-0.2, -0.15) is 0 Å². The first-order chi connectivity index (χ1) is 34.8. The van der Waals surface area contributed by atoms with E-state index in [0.717, 1.165) is 27.8 Å². The van der Waals surface area contributed by atoms with Gasteiger partial charge in [0.05, 0.1) is 33.3 Å². The van der Waals surface area contributed by atoms with Gasteiger partial charge in [0.15, 0.2) is 0 Å². The van der Waals surface area contributed by atoms with E-state index in [2.05, 4.69) is 38.7 Å². The maximum absolute atomic E-state index is 12.4. The molecule has 64 heavy (non-hydrogen) atoms. The van der Waals surface area contributed by atoms with Gasteiger partial charge in [-0.3, -0.25) is 9.55 Å². The van der Waals surface area contributed by atoms with E-state index >= 15 is 0 Å². The minimum Gasteiger partial charge on any atom is -0.507 e. The molecule has 0 radical (unpaired) electrons. The Morgan fingerprint density at radius 3 is 2.09 bits per heavy atom. The first-order valence-electron chi connectivity index (χ1n) is 27.7. The van der Waals surface area contributed by atoms with Gasteiger partial charge in [-0.1, -0.05) is 166 Å². The molecule has 8 aromatic rings. The number of aromatic nitrogens is 3. The van der Waals surface area contributed by atoms with Crippen LogP contribution in [0.1, 0.15) is 150 Å². The van der Waals surface area contributed by atoms with Gasteiger partial charge in [0.1, 0.15) is 11.6 Å². The molecule has 2 heterocycles. The smallest absolute Gasteiger partial charge is 0.148 e. The van der Waals surface area contributed by atoms with Gasteiger partial charge < -0.3 is 5.11 Å². The van der Waals surface area contributed by atoms with Crippen LogP contribution in [-0.2, 0) is 26.5 Å². The third-order valence-corrected chi connectivity index (χ3v) is 11.8. The van der Waals surface area contributed by atoms with Crippen LogP contribution < -0.4 is 0 Å². The number of phenols is 1. The Balaban J connectivity index is 0.00000840. The van der Waals surface area contributed by atoms with Gasteiger partial charge in [0.25, 0.3) is 0 Å². The molecular formula is C59H62N3OPt-. The molecule has 0 bridgehead atoms. The number of rotatable bonds is 10. The third-order valence-electron chi connectivity index (χ3n) is 11.8. The van der Waals surface area contributed by atoms with E-state index < -0.39 is 66.6 Å². The van der Waals surface area contributed by atoms with Crippen LogP contribution in [0.5, 0.6) is 5.75 Å². The first kappa shape index (κ1) is 33.0. The molecule has 0 fully saturated rings. The molecular weight excluding hydrogens is 962 g/mol. The van der Waals surface area contributed by atoms with Crippen LogP contribution in [0.2, 0.25) is 0 Å². The number of hydrogen-bond acceptors (Lipinski definition) is 3. The predicted octanol–water partition coefficient (Wildman–Crippen LogP) is 16.4. The summed E-state index contributed by atoms with van der Waals surface area (Å²) in [5.74, 6) is -0.727. The van der Waals surface area contributed by atoms with Crippen molar-refractivity contribution < 1.29 is 42.6 Å². The summed E-state index contributed by atoms with van der Waals surface area (Å²) < 4.78 is 108. The second-order valence-corrected chi connectivity index (χ2v) is 18.6. The maximum Gasteiger partial charge on any atom is 0.148 e. The summed E-state index contributed by atoms with van der Waals surface area (Å²) in [5, 5.41) is 12.4. The van der Waals surface area contributed by atoms with Crippen molar-refractivity contribution in [2.24, 2.45) is 0 Å². The van der Waals surface area contributed by atoms with Crippen LogP contribution in [0.3, 0.4) is 0 Å². The molecule has 0 spiro atoms. The van der Waals surface area contributed by atoms with Crippen molar-refractivity contribution in [1.29, 1.82) is 0 Å². The molecule has 2 aromatic heterocycles. The van der Waals surface area contributed by atoms with Crippen molar-refractivity contribution in [3.05, 3.63) is 167 Å². The Hall–Kier alpha value is -5.57. The summed E-state index contributed by atoms with van der Waals surface area (Å²) in [6, 6.07) is 23.7. The van der Waals surface area contributed by atoms with Crippen molar-refractivity contribution in [1.82, 2.24) is 14.5 Å². The number of phenolic OH excluding ortho intramolecular Hbond substituents is 1. The molecule has 0 atom stereocenters. The minimum absolute atomic E-state index is 0. The molecule has 0 saturated heterocycles. The van der Waals surface area contributed by atoms with Crippen molar-refractivity contribution in [3.8, 4) is 67.5 Å². The molecule has 0 unspecified atom stereocenters. The number of benzene rings is 6. The summed E-state index contributed by atoms with van der Waals surface area (Å²) in [6.07, 6.45) is -0.572. The van der Waals surface area contributed by atoms with Crippen molar-refractivity contribution in [2.45, 2.75) is 112 Å². The number of hydrogen-bond donors (Lipinski definition) is 1. The molecule has 0 amide bonds. The van der Waals surface area contributed by atoms with Gasteiger partial charge in [0.2, 0.25) is 0 Å². The average molecular weight is 1040 g/mol. The third kappa shape index (κ3) is 8.92. The van der Waals surface area contributed by atoms with Crippen molar-refractivity contribution in [3.63, 3.8) is 0 Å². The number of pyridine rings is 1. The monoisotopic (exact) mass is 1040 g/mol. The van der Waals surface area contributed by atoms with Gasteiger partial charge >= 0.3 is 0 Å². The standard InChI is InChI=1S/C59H62N3O.Pt/c1-35(2)43-32-50(38(7)8)57(63)51(33-43)58-61-56-49(44-29-45(31-46(30-44)59(10,11)12)52-34-41(26-27-60-52)40-18-14-13-15-19-40)22-17-23-54(56)62(58)53-25-24-42(28-39(53)9)55-47(36(3)4)20-16-21-48(55)37(5)6;/h13-28,30-38,63H,1-12H3;/q-1;/i9D3,13D,14D,15D,18D,19D,26D,27D,34D,36D;. The second-order valence-electron chi connectivity index (χ2n) is 18.6. The van der Waals surface area contributed by atoms with Gasteiger partial charge in [-0.15, -0.1) is 29.3 Å². The molecule has 4 nitrogen and oxygen atoms in total. The van der Waals surface area contributed by atoms with Gasteiger partial charge in [-0.25, -0.2) is 4.98 Å².